The molecule has 0 aromatic heterocycles. The minimum atomic E-state index is -1.21. The minimum Gasteiger partial charge on any atom is -0.453 e. The van der Waals surface area contributed by atoms with Crippen molar-refractivity contribution in [2.75, 3.05) is 14.2 Å². The van der Waals surface area contributed by atoms with Crippen molar-refractivity contribution in [1.29, 1.82) is 0 Å². The molecule has 2 N–H and O–H groups in total. The molecule has 7 nitrogen and oxygen atoms in total. The summed E-state index contributed by atoms with van der Waals surface area (Å²) in [4.78, 5) is 19.8. The molecule has 0 unspecified atom stereocenters. The lowest BCUT2D eigenvalue weighted by atomic mass is 10.5. The lowest BCUT2D eigenvalue weighted by molar-refractivity contribution is -0.0283. The van der Waals surface area contributed by atoms with Crippen LogP contribution in [0.2, 0.25) is 0 Å². The lowest BCUT2D eigenvalue weighted by Gasteiger charge is -2.26. The fraction of sp³-hybridized carbons (Fsp3) is 0.750. The molecule has 0 saturated carbocycles. The molecule has 0 aliphatic carbocycles. The molecule has 2 atom stereocenters. The summed E-state index contributed by atoms with van der Waals surface area (Å²) in [5.74, 6) is 0. The van der Waals surface area contributed by atoms with Crippen molar-refractivity contribution in [2.24, 2.45) is 0 Å². The summed E-state index contributed by atoms with van der Waals surface area (Å²) in [6, 6.07) is 0. The van der Waals surface area contributed by atoms with E-state index in [-0.39, 0.29) is 0 Å². The number of halogens is 4. The van der Waals surface area contributed by atoms with Crippen LogP contribution in [0.3, 0.4) is 0 Å². The summed E-state index contributed by atoms with van der Waals surface area (Å²) in [5, 5.41) is 4.37. The number of amides is 2. The summed E-state index contributed by atoms with van der Waals surface area (Å²) in [5.41, 5.74) is 0. The number of carbonyl (C=O) groups is 2. The third-order valence-corrected chi connectivity index (χ3v) is 2.56. The Kier molecular flexibility index (Phi) is 9.38. The van der Waals surface area contributed by atoms with Gasteiger partial charge < -0.3 is 14.2 Å². The second-order valence-electron chi connectivity index (χ2n) is 2.92. The molecule has 0 rings (SSSR count). The molecule has 0 aliphatic heterocycles. The fourth-order valence-electron chi connectivity index (χ4n) is 0.821. The molecule has 0 bridgehead atoms. The van der Waals surface area contributed by atoms with E-state index in [1.165, 1.54) is 0 Å². The van der Waals surface area contributed by atoms with E-state index in [4.69, 9.17) is 51.1 Å². The first-order valence-corrected chi connectivity index (χ1v) is 6.47. The summed E-state index contributed by atoms with van der Waals surface area (Å²) < 4.78 is 13.9. The Morgan fingerprint density at radius 3 is 1.37 bits per heavy atom. The van der Waals surface area contributed by atoms with E-state index in [9.17, 15) is 9.59 Å². The monoisotopic (exact) mass is 356 g/mol. The van der Waals surface area contributed by atoms with Crippen LogP contribution in [0.5, 0.6) is 0 Å². The lowest BCUT2D eigenvalue weighted by Crippen LogP contribution is -2.50. The van der Waals surface area contributed by atoms with Crippen LogP contribution in [0.4, 0.5) is 9.59 Å². The van der Waals surface area contributed by atoms with Gasteiger partial charge in [-0.05, 0) is 0 Å². The standard InChI is InChI=1S/C8H12Cl4N2O5/c1-17-7(15)13-5(3(9)10)19-6(4(11)12)14-8(16)18-2/h3-6H,1-2H3,(H,13,15)(H,14,16)/t5-,6-/m1/s1. The zero-order valence-corrected chi connectivity index (χ0v) is 12.9. The maximum absolute atomic E-state index is 11.0. The highest BCUT2D eigenvalue weighted by Gasteiger charge is 2.29. The Balaban J connectivity index is 4.65. The van der Waals surface area contributed by atoms with E-state index in [0.717, 1.165) is 14.2 Å². The van der Waals surface area contributed by atoms with E-state index < -0.39 is 34.3 Å². The highest BCUT2D eigenvalue weighted by atomic mass is 35.5. The van der Waals surface area contributed by atoms with Gasteiger partial charge in [-0.1, -0.05) is 0 Å². The van der Waals surface area contributed by atoms with Gasteiger partial charge >= 0.3 is 12.2 Å². The van der Waals surface area contributed by atoms with E-state index in [1.54, 1.807) is 0 Å². The Hall–Kier alpha value is -0.340. The summed E-state index contributed by atoms with van der Waals surface area (Å²) in [7, 11) is 2.28. The number of alkyl carbamates (subject to hydrolysis) is 2. The van der Waals surface area contributed by atoms with Crippen molar-refractivity contribution in [3.63, 3.8) is 0 Å². The topological polar surface area (TPSA) is 85.9 Å². The van der Waals surface area contributed by atoms with Gasteiger partial charge in [0.15, 0.2) is 22.1 Å². The average Bonchev–Trinajstić information content (AvgIpc) is 2.35. The Bertz CT molecular complexity index is 277. The molecule has 0 heterocycles. The van der Waals surface area contributed by atoms with Crippen LogP contribution < -0.4 is 10.6 Å². The van der Waals surface area contributed by atoms with E-state index in [0.29, 0.717) is 0 Å². The summed E-state index contributed by atoms with van der Waals surface area (Å²) in [6.45, 7) is 0. The van der Waals surface area contributed by atoms with Gasteiger partial charge in [0.05, 0.1) is 14.2 Å². The van der Waals surface area contributed by atoms with Crippen LogP contribution >= 0.6 is 46.4 Å². The van der Waals surface area contributed by atoms with E-state index >= 15 is 0 Å². The molecule has 0 fully saturated rings. The molecule has 0 spiro atoms. The molecule has 0 aliphatic rings. The van der Waals surface area contributed by atoms with Crippen molar-refractivity contribution in [1.82, 2.24) is 10.6 Å². The number of rotatable bonds is 6. The number of alkyl halides is 4. The van der Waals surface area contributed by atoms with E-state index in [2.05, 4.69) is 20.1 Å². The van der Waals surface area contributed by atoms with Gasteiger partial charge in [0, 0.05) is 0 Å². The van der Waals surface area contributed by atoms with Gasteiger partial charge in [0.2, 0.25) is 0 Å². The first-order chi connectivity index (χ1) is 8.81. The molecule has 19 heavy (non-hydrogen) atoms. The third-order valence-electron chi connectivity index (χ3n) is 1.64. The Labute approximate surface area is 129 Å². The predicted octanol–water partition coefficient (Wildman–Crippen LogP) is 1.97. The second-order valence-corrected chi connectivity index (χ2v) is 5.25. The molecule has 0 saturated heterocycles. The number of nitrogens with one attached hydrogen (secondary N) is 2. The summed E-state index contributed by atoms with van der Waals surface area (Å²) in [6.07, 6.45) is -4.10. The van der Waals surface area contributed by atoms with Crippen LogP contribution in [-0.4, -0.2) is 48.5 Å². The first kappa shape index (κ1) is 18.7. The molecular weight excluding hydrogens is 346 g/mol. The van der Waals surface area contributed by atoms with Crippen LogP contribution in [-0.2, 0) is 14.2 Å². The smallest absolute Gasteiger partial charge is 0.408 e. The highest BCUT2D eigenvalue weighted by molar-refractivity contribution is 6.45. The molecule has 0 aromatic carbocycles. The minimum absolute atomic E-state index is 0.839. The Morgan fingerprint density at radius 1 is 0.842 bits per heavy atom. The molecule has 2 amide bonds. The van der Waals surface area contributed by atoms with Crippen molar-refractivity contribution in [3.8, 4) is 0 Å². The predicted molar refractivity (Wildman–Crippen MR) is 70.7 cm³/mol. The number of ether oxygens (including phenoxy) is 3. The molecule has 11 heteroatoms. The van der Waals surface area contributed by atoms with Crippen molar-refractivity contribution >= 4 is 58.6 Å². The van der Waals surface area contributed by atoms with Crippen molar-refractivity contribution in [2.45, 2.75) is 22.1 Å². The number of methoxy groups -OCH3 is 2. The molecule has 0 radical (unpaired) electrons. The van der Waals surface area contributed by atoms with Crippen LogP contribution in [0, 0.1) is 0 Å². The Morgan fingerprint density at radius 2 is 1.16 bits per heavy atom. The SMILES string of the molecule is COC(=O)N[C@H](O[C@@H](NC(=O)OC)C(Cl)Cl)C(Cl)Cl. The number of carbonyl (C=O) groups excluding carboxylic acids is 2. The first-order valence-electron chi connectivity index (χ1n) is 4.72. The van der Waals surface area contributed by atoms with Crippen molar-refractivity contribution < 1.29 is 23.8 Å². The van der Waals surface area contributed by atoms with Crippen LogP contribution in [0.1, 0.15) is 0 Å². The zero-order valence-electron chi connectivity index (χ0n) is 9.86. The fourth-order valence-corrected chi connectivity index (χ4v) is 1.31. The average molecular weight is 358 g/mol. The van der Waals surface area contributed by atoms with Gasteiger partial charge in [0.1, 0.15) is 0 Å². The molecular formula is C8H12Cl4N2O5. The van der Waals surface area contributed by atoms with Gasteiger partial charge in [-0.25, -0.2) is 9.59 Å². The maximum Gasteiger partial charge on any atom is 0.408 e. The highest BCUT2D eigenvalue weighted by Crippen LogP contribution is 2.16. The van der Waals surface area contributed by atoms with Crippen molar-refractivity contribution in [3.05, 3.63) is 0 Å². The number of hydrogen-bond acceptors (Lipinski definition) is 5. The maximum atomic E-state index is 11.0. The van der Waals surface area contributed by atoms with Crippen LogP contribution in [0.15, 0.2) is 0 Å². The zero-order chi connectivity index (χ0) is 15.0. The second kappa shape index (κ2) is 9.55. The van der Waals surface area contributed by atoms with Gasteiger partial charge in [-0.2, -0.15) is 0 Å². The third kappa shape index (κ3) is 7.74. The van der Waals surface area contributed by atoms with E-state index in [1.807, 2.05) is 0 Å². The molecule has 112 valence electrons. The van der Waals surface area contributed by atoms with Gasteiger partial charge in [0.25, 0.3) is 0 Å². The largest absolute Gasteiger partial charge is 0.453 e. The van der Waals surface area contributed by atoms with Gasteiger partial charge in [-0.3, -0.25) is 10.6 Å². The quantitative estimate of drug-likeness (QED) is 0.560. The van der Waals surface area contributed by atoms with Gasteiger partial charge in [-0.15, -0.1) is 46.4 Å². The normalized spacial score (nSPS) is 13.9. The van der Waals surface area contributed by atoms with Crippen LogP contribution in [0.25, 0.3) is 0 Å². The molecule has 0 aromatic rings. The summed E-state index contributed by atoms with van der Waals surface area (Å²) >= 11 is 22.4. The number of hydrogen-bond donors (Lipinski definition) is 2.